The summed E-state index contributed by atoms with van der Waals surface area (Å²) in [4.78, 5) is 11.5. The number of carbonyl (C=O) groups excluding carboxylic acids is 1. The van der Waals surface area contributed by atoms with E-state index in [1.807, 2.05) is 0 Å². The molecule has 0 aliphatic heterocycles. The fourth-order valence-corrected chi connectivity index (χ4v) is 3.10. The van der Waals surface area contributed by atoms with E-state index in [2.05, 4.69) is 4.72 Å². The van der Waals surface area contributed by atoms with Crippen LogP contribution in [0.15, 0.2) is 53.4 Å². The van der Waals surface area contributed by atoms with Crippen molar-refractivity contribution in [2.75, 3.05) is 4.72 Å². The molecule has 0 unspecified atom stereocenters. The maximum absolute atomic E-state index is 12.2. The van der Waals surface area contributed by atoms with Gasteiger partial charge in [-0.3, -0.25) is 9.52 Å². The summed E-state index contributed by atoms with van der Waals surface area (Å²) in [6, 6.07) is 12.4. The summed E-state index contributed by atoms with van der Waals surface area (Å²) in [5, 5.41) is 0.327. The minimum Gasteiger partial charge on any atom is -0.294 e. The van der Waals surface area contributed by atoms with Crippen molar-refractivity contribution >= 4 is 33.1 Å². The first-order valence-corrected chi connectivity index (χ1v) is 7.64. The summed E-state index contributed by atoms with van der Waals surface area (Å²) in [7, 11) is -3.78. The van der Waals surface area contributed by atoms with E-state index >= 15 is 0 Å². The highest BCUT2D eigenvalue weighted by Crippen LogP contribution is 2.22. The highest BCUT2D eigenvalue weighted by Gasteiger charge is 2.17. The van der Waals surface area contributed by atoms with Crippen molar-refractivity contribution in [2.45, 2.75) is 11.8 Å². The number of nitrogens with one attached hydrogen (secondary N) is 1. The van der Waals surface area contributed by atoms with Crippen LogP contribution in [0.25, 0.3) is 0 Å². The van der Waals surface area contributed by atoms with Gasteiger partial charge in [-0.15, -0.1) is 0 Å². The molecule has 0 aliphatic rings. The third kappa shape index (κ3) is 3.18. The molecule has 0 saturated carbocycles. The van der Waals surface area contributed by atoms with Crippen molar-refractivity contribution in [2.24, 2.45) is 0 Å². The van der Waals surface area contributed by atoms with Gasteiger partial charge in [0.25, 0.3) is 10.0 Å². The van der Waals surface area contributed by atoms with E-state index in [1.54, 1.807) is 36.4 Å². The van der Waals surface area contributed by atoms with Gasteiger partial charge in [-0.2, -0.15) is 0 Å². The van der Waals surface area contributed by atoms with Crippen molar-refractivity contribution in [1.82, 2.24) is 0 Å². The molecule has 6 heteroatoms. The van der Waals surface area contributed by atoms with Crippen LogP contribution in [0.1, 0.15) is 17.3 Å². The van der Waals surface area contributed by atoms with E-state index in [9.17, 15) is 13.2 Å². The molecule has 2 rings (SSSR count). The lowest BCUT2D eigenvalue weighted by molar-refractivity contribution is 0.101. The van der Waals surface area contributed by atoms with Crippen LogP contribution < -0.4 is 4.72 Å². The lowest BCUT2D eigenvalue weighted by Gasteiger charge is -2.11. The zero-order valence-electron chi connectivity index (χ0n) is 10.6. The van der Waals surface area contributed by atoms with E-state index in [0.29, 0.717) is 10.6 Å². The SMILES string of the molecule is CC(=O)c1ccccc1NS(=O)(=O)c1cccc(Cl)c1. The van der Waals surface area contributed by atoms with Gasteiger partial charge in [0.2, 0.25) is 0 Å². The average Bonchev–Trinajstić information content (AvgIpc) is 2.38. The topological polar surface area (TPSA) is 63.2 Å². The molecule has 2 aromatic carbocycles. The number of ketones is 1. The maximum Gasteiger partial charge on any atom is 0.261 e. The van der Waals surface area contributed by atoms with Crippen LogP contribution in [0.5, 0.6) is 0 Å². The molecular formula is C14H12ClNO3S. The second kappa shape index (κ2) is 5.64. The number of benzene rings is 2. The number of hydrogen-bond acceptors (Lipinski definition) is 3. The number of anilines is 1. The Morgan fingerprint density at radius 1 is 1.10 bits per heavy atom. The molecule has 0 atom stereocenters. The number of hydrogen-bond donors (Lipinski definition) is 1. The van der Waals surface area contributed by atoms with E-state index in [1.165, 1.54) is 19.1 Å². The van der Waals surface area contributed by atoms with Gasteiger partial charge in [-0.25, -0.2) is 8.42 Å². The standard InChI is InChI=1S/C14H12ClNO3S/c1-10(17)13-7-2-3-8-14(13)16-20(18,19)12-6-4-5-11(15)9-12/h2-9,16H,1H3. The molecule has 0 radical (unpaired) electrons. The number of carbonyl (C=O) groups is 1. The molecule has 4 nitrogen and oxygen atoms in total. The first kappa shape index (κ1) is 14.6. The molecule has 20 heavy (non-hydrogen) atoms. The van der Waals surface area contributed by atoms with Gasteiger partial charge < -0.3 is 0 Å². The Morgan fingerprint density at radius 3 is 2.45 bits per heavy atom. The molecule has 0 aliphatic carbocycles. The van der Waals surface area contributed by atoms with Crippen molar-refractivity contribution < 1.29 is 13.2 Å². The fourth-order valence-electron chi connectivity index (χ4n) is 1.72. The van der Waals surface area contributed by atoms with Crippen molar-refractivity contribution in [3.8, 4) is 0 Å². The highest BCUT2D eigenvalue weighted by molar-refractivity contribution is 7.92. The van der Waals surface area contributed by atoms with Crippen LogP contribution in [-0.4, -0.2) is 14.2 Å². The number of halogens is 1. The van der Waals surface area contributed by atoms with Gasteiger partial charge in [-0.1, -0.05) is 29.8 Å². The third-order valence-electron chi connectivity index (χ3n) is 2.66. The number of sulfonamides is 1. The molecular weight excluding hydrogens is 298 g/mol. The van der Waals surface area contributed by atoms with Gasteiger partial charge in [0.05, 0.1) is 10.6 Å². The summed E-state index contributed by atoms with van der Waals surface area (Å²) in [5.74, 6) is -0.214. The molecule has 0 amide bonds. The summed E-state index contributed by atoms with van der Waals surface area (Å²) in [6.45, 7) is 1.38. The second-order valence-electron chi connectivity index (χ2n) is 4.16. The van der Waals surface area contributed by atoms with Crippen LogP contribution in [0.4, 0.5) is 5.69 Å². The van der Waals surface area contributed by atoms with Crippen molar-refractivity contribution in [3.05, 3.63) is 59.1 Å². The van der Waals surface area contributed by atoms with E-state index < -0.39 is 10.0 Å². The lowest BCUT2D eigenvalue weighted by Crippen LogP contribution is -2.15. The molecule has 0 aromatic heterocycles. The normalized spacial score (nSPS) is 11.1. The third-order valence-corrected chi connectivity index (χ3v) is 4.26. The van der Waals surface area contributed by atoms with E-state index in [-0.39, 0.29) is 16.4 Å². The van der Waals surface area contributed by atoms with Crippen LogP contribution in [0.3, 0.4) is 0 Å². The van der Waals surface area contributed by atoms with Crippen LogP contribution in [0.2, 0.25) is 5.02 Å². The predicted octanol–water partition coefficient (Wildman–Crippen LogP) is 3.34. The number of Topliss-reactive ketones (excluding diaryl/α,β-unsaturated/α-hetero) is 1. The number of rotatable bonds is 4. The Balaban J connectivity index is 2.41. The number of para-hydroxylation sites is 1. The quantitative estimate of drug-likeness (QED) is 0.881. The van der Waals surface area contributed by atoms with Crippen molar-refractivity contribution in [3.63, 3.8) is 0 Å². The Morgan fingerprint density at radius 2 is 1.80 bits per heavy atom. The minimum atomic E-state index is -3.78. The summed E-state index contributed by atoms with van der Waals surface area (Å²) in [6.07, 6.45) is 0. The van der Waals surface area contributed by atoms with Gasteiger partial charge >= 0.3 is 0 Å². The molecule has 0 bridgehead atoms. The monoisotopic (exact) mass is 309 g/mol. The fraction of sp³-hybridized carbons (Fsp3) is 0.0714. The van der Waals surface area contributed by atoms with E-state index in [0.717, 1.165) is 0 Å². The summed E-state index contributed by atoms with van der Waals surface area (Å²) in [5.41, 5.74) is 0.568. The van der Waals surface area contributed by atoms with Gasteiger partial charge in [0, 0.05) is 10.6 Å². The molecule has 0 fully saturated rings. The second-order valence-corrected chi connectivity index (χ2v) is 6.28. The van der Waals surface area contributed by atoms with Gasteiger partial charge in [0.1, 0.15) is 0 Å². The Labute approximate surface area is 122 Å². The van der Waals surface area contributed by atoms with Gasteiger partial charge in [-0.05, 0) is 37.3 Å². The molecule has 1 N–H and O–H groups in total. The predicted molar refractivity (Wildman–Crippen MR) is 78.7 cm³/mol. The van der Waals surface area contributed by atoms with Gasteiger partial charge in [0.15, 0.2) is 5.78 Å². The first-order valence-electron chi connectivity index (χ1n) is 5.78. The Kier molecular flexibility index (Phi) is 4.11. The van der Waals surface area contributed by atoms with Crippen molar-refractivity contribution in [1.29, 1.82) is 0 Å². The highest BCUT2D eigenvalue weighted by atomic mass is 35.5. The minimum absolute atomic E-state index is 0.0448. The van der Waals surface area contributed by atoms with Crippen LogP contribution >= 0.6 is 11.6 Å². The maximum atomic E-state index is 12.2. The smallest absolute Gasteiger partial charge is 0.261 e. The van der Waals surface area contributed by atoms with E-state index in [4.69, 9.17) is 11.6 Å². The molecule has 104 valence electrons. The Hall–Kier alpha value is -1.85. The molecule has 0 spiro atoms. The Bertz CT molecular complexity index is 757. The lowest BCUT2D eigenvalue weighted by atomic mass is 10.1. The zero-order chi connectivity index (χ0) is 14.8. The zero-order valence-corrected chi connectivity index (χ0v) is 12.2. The molecule has 0 heterocycles. The average molecular weight is 310 g/mol. The van der Waals surface area contributed by atoms with Crippen LogP contribution in [-0.2, 0) is 10.0 Å². The largest absolute Gasteiger partial charge is 0.294 e. The first-order chi connectivity index (χ1) is 9.40. The molecule has 2 aromatic rings. The summed E-state index contributed by atoms with van der Waals surface area (Å²) >= 11 is 5.79. The summed E-state index contributed by atoms with van der Waals surface area (Å²) < 4.78 is 26.9. The van der Waals surface area contributed by atoms with Crippen LogP contribution in [0, 0.1) is 0 Å². The molecule has 0 saturated heterocycles.